The van der Waals surface area contributed by atoms with Gasteiger partial charge in [-0.3, -0.25) is 15.0 Å². The number of carbonyl (C=O) groups is 2. The van der Waals surface area contributed by atoms with Crippen LogP contribution in [0.5, 0.6) is 11.5 Å². The molecule has 4 heterocycles. The van der Waals surface area contributed by atoms with Crippen molar-refractivity contribution in [3.63, 3.8) is 0 Å². The van der Waals surface area contributed by atoms with Gasteiger partial charge in [-0.1, -0.05) is 61.7 Å². The molecule has 15 heteroatoms. The second-order valence-corrected chi connectivity index (χ2v) is 14.5. The number of guanidine groups is 1. The van der Waals surface area contributed by atoms with Crippen LogP contribution in [-0.2, 0) is 9.47 Å². The number of hydrogen-bond acceptors (Lipinski definition) is 12. The molecule has 2 bridgehead atoms. The van der Waals surface area contributed by atoms with Crippen LogP contribution in [-0.4, -0.2) is 105 Å². The Morgan fingerprint density at radius 1 is 0.870 bits per heavy atom. The van der Waals surface area contributed by atoms with Crippen molar-refractivity contribution in [3.05, 3.63) is 88.0 Å². The number of rotatable bonds is 2. The van der Waals surface area contributed by atoms with E-state index in [0.717, 1.165) is 19.3 Å². The number of para-hydroxylation sites is 1. The summed E-state index contributed by atoms with van der Waals surface area (Å²) in [5.41, 5.74) is 0.500. The van der Waals surface area contributed by atoms with E-state index in [1.165, 1.54) is 12.1 Å². The predicted octanol–water partition coefficient (Wildman–Crippen LogP) is 0.643. The fourth-order valence-electron chi connectivity index (χ4n) is 8.95. The summed E-state index contributed by atoms with van der Waals surface area (Å²) in [7, 11) is 0. The number of quaternary nitrogens is 1. The number of ether oxygens (including phenoxy) is 3. The summed E-state index contributed by atoms with van der Waals surface area (Å²) < 4.78 is 19.5. The van der Waals surface area contributed by atoms with Crippen LogP contribution in [0.4, 0.5) is 5.69 Å². The summed E-state index contributed by atoms with van der Waals surface area (Å²) in [5.74, 6) is -3.58. The zero-order valence-corrected chi connectivity index (χ0v) is 28.9. The van der Waals surface area contributed by atoms with E-state index in [2.05, 4.69) is 15.0 Å². The fourth-order valence-corrected chi connectivity index (χ4v) is 8.95. The van der Waals surface area contributed by atoms with Crippen molar-refractivity contribution >= 4 is 40.7 Å². The van der Waals surface area contributed by atoms with Gasteiger partial charge in [-0.2, -0.15) is 4.99 Å². The number of aliphatic hydroxyl groups excluding tert-OH is 3. The number of aromatic hydroxyl groups is 1. The van der Waals surface area contributed by atoms with Gasteiger partial charge < -0.3 is 39.7 Å². The Bertz CT molecular complexity index is 2210. The zero-order valence-electron chi connectivity index (χ0n) is 28.9. The molecular weight excluding hydrogens is 698 g/mol. The van der Waals surface area contributed by atoms with Crippen molar-refractivity contribution in [2.75, 3.05) is 13.3 Å². The average Bonchev–Trinajstić information content (AvgIpc) is 3.60. The maximum Gasteiger partial charge on any atom is 0.262 e. The van der Waals surface area contributed by atoms with Crippen LogP contribution < -0.4 is 14.7 Å². The molecule has 0 aromatic heterocycles. The summed E-state index contributed by atoms with van der Waals surface area (Å²) >= 11 is 0. The van der Waals surface area contributed by atoms with Gasteiger partial charge in [0, 0.05) is 46.2 Å². The first-order chi connectivity index (χ1) is 26.1. The number of aliphatic imine (C=N–C) groups is 3. The molecule has 1 spiro atoms. The second-order valence-electron chi connectivity index (χ2n) is 14.5. The molecule has 0 radical (unpaired) electrons. The number of carbonyl (C=O) groups excluding carboxylic acids is 2. The monoisotopic (exact) mass is 735 g/mol. The molecule has 2 aliphatic carbocycles. The van der Waals surface area contributed by atoms with Crippen LogP contribution in [0.2, 0.25) is 0 Å². The Balaban J connectivity index is 1.25. The van der Waals surface area contributed by atoms with Crippen LogP contribution in [0.1, 0.15) is 87.4 Å². The number of nitrogens with one attached hydrogen (secondary N) is 2. The van der Waals surface area contributed by atoms with Gasteiger partial charge in [-0.05, 0) is 31.4 Å². The average molecular weight is 736 g/mol. The zero-order chi connectivity index (χ0) is 37.5. The van der Waals surface area contributed by atoms with Crippen LogP contribution in [0.3, 0.4) is 0 Å². The maximum atomic E-state index is 14.1. The number of aliphatic hydroxyl groups is 3. The Labute approximate surface area is 308 Å². The van der Waals surface area contributed by atoms with E-state index in [1.807, 2.05) is 18.2 Å². The van der Waals surface area contributed by atoms with Crippen LogP contribution in [0, 0.1) is 5.41 Å². The molecule has 15 nitrogen and oxygen atoms in total. The van der Waals surface area contributed by atoms with Crippen molar-refractivity contribution in [2.24, 2.45) is 15.0 Å². The molecule has 3 aromatic carbocycles. The molecule has 9 rings (SSSR count). The van der Waals surface area contributed by atoms with Crippen molar-refractivity contribution in [3.8, 4) is 11.5 Å². The van der Waals surface area contributed by atoms with E-state index in [9.17, 15) is 35.1 Å². The van der Waals surface area contributed by atoms with E-state index in [1.54, 1.807) is 24.3 Å². The summed E-state index contributed by atoms with van der Waals surface area (Å²) in [4.78, 5) is 41.0. The molecule has 1 saturated carbocycles. The van der Waals surface area contributed by atoms with E-state index < -0.39 is 71.4 Å². The number of phenols is 1. The van der Waals surface area contributed by atoms with E-state index in [-0.39, 0.29) is 64.8 Å². The molecule has 2 fully saturated rings. The van der Waals surface area contributed by atoms with Gasteiger partial charge in [0.15, 0.2) is 35.4 Å². The van der Waals surface area contributed by atoms with E-state index >= 15 is 0 Å². The summed E-state index contributed by atoms with van der Waals surface area (Å²) in [6, 6.07) is 15.1. The SMILES string of the molecule is N=C1N=C([O-])C2=NC[NH+](c3ccccc3C3CCOC4(CCCCC4)[C@H]4O[C@H](Oc5c3cc3c(c5O)C(=O)c5ccccc5C3=O)[C@@H](O)[C@H](O)[C@H]4O)C2=N1. The van der Waals surface area contributed by atoms with E-state index in [4.69, 9.17) is 19.6 Å². The highest BCUT2D eigenvalue weighted by molar-refractivity contribution is 6.66. The van der Waals surface area contributed by atoms with Crippen LogP contribution in [0.15, 0.2) is 69.6 Å². The lowest BCUT2D eigenvalue weighted by Crippen LogP contribution is -3.09. The lowest BCUT2D eigenvalue weighted by Gasteiger charge is -2.50. The molecule has 6 aliphatic rings. The quantitative estimate of drug-likeness (QED) is 0.168. The van der Waals surface area contributed by atoms with Crippen LogP contribution in [0.25, 0.3) is 0 Å². The highest BCUT2D eigenvalue weighted by Crippen LogP contribution is 2.50. The number of fused-ring (bicyclic) bond motifs is 7. The first-order valence-corrected chi connectivity index (χ1v) is 18.1. The molecule has 7 atom stereocenters. The summed E-state index contributed by atoms with van der Waals surface area (Å²) in [6.07, 6.45) is -4.06. The third kappa shape index (κ3) is 5.26. The minimum Gasteiger partial charge on any atom is -0.857 e. The van der Waals surface area contributed by atoms with Crippen molar-refractivity contribution < 1.29 is 54.2 Å². The minimum atomic E-state index is -1.78. The van der Waals surface area contributed by atoms with Gasteiger partial charge in [0.1, 0.15) is 30.1 Å². The summed E-state index contributed by atoms with van der Waals surface area (Å²) in [5, 5.41) is 66.8. The molecule has 3 aromatic rings. The van der Waals surface area contributed by atoms with E-state index in [0.29, 0.717) is 29.0 Å². The molecule has 6 N–H and O–H groups in total. The van der Waals surface area contributed by atoms with Crippen LogP contribution >= 0.6 is 0 Å². The highest BCUT2D eigenvalue weighted by Gasteiger charge is 2.55. The van der Waals surface area contributed by atoms with Gasteiger partial charge in [0.2, 0.25) is 12.2 Å². The fraction of sp³-hybridized carbons (Fsp3) is 0.385. The molecule has 0 amide bonds. The molecule has 1 saturated heterocycles. The Morgan fingerprint density at radius 3 is 2.37 bits per heavy atom. The van der Waals surface area contributed by atoms with Crippen molar-refractivity contribution in [2.45, 2.75) is 80.7 Å². The number of ketones is 2. The standard InChI is InChI=1S/C39H37N5O10/c40-38-42-35-26(36(51)43-38)41-17-44(35)24-11-5-4-8-19(24)18-12-15-52-39(13-6-1-7-14-39)34-31(49)30(48)32(50)37(54-34)53-33-22(18)16-23-25(29(33)47)28(46)21-10-3-2-9-20(21)27(23)45/h2-5,8-11,16,18,30-32,34,37,47-50H,1,6-7,12-15,17H2,(H2,40,43,51)/t18?,30-,31-,32+,34+,37+/m1/s1. The molecule has 4 aliphatic heterocycles. The van der Waals surface area contributed by atoms with Crippen molar-refractivity contribution in [1.29, 1.82) is 5.41 Å². The second kappa shape index (κ2) is 13.0. The molecule has 278 valence electrons. The van der Waals surface area contributed by atoms with Gasteiger partial charge in [-0.25, -0.2) is 14.9 Å². The topological polar surface area (TPSA) is 231 Å². The highest BCUT2D eigenvalue weighted by atomic mass is 16.7. The van der Waals surface area contributed by atoms with Gasteiger partial charge in [-0.15, -0.1) is 0 Å². The smallest absolute Gasteiger partial charge is 0.262 e. The van der Waals surface area contributed by atoms with Gasteiger partial charge in [0.25, 0.3) is 5.84 Å². The molecular formula is C39H37N5O10. The number of hydrogen-bond donors (Lipinski definition) is 6. The van der Waals surface area contributed by atoms with Gasteiger partial charge in [0.05, 0.1) is 11.2 Å². The Hall–Kier alpha value is -5.16. The maximum absolute atomic E-state index is 14.1. The number of benzene rings is 3. The third-order valence-corrected chi connectivity index (χ3v) is 11.6. The third-order valence-electron chi connectivity index (χ3n) is 11.6. The Kier molecular flexibility index (Phi) is 8.33. The first kappa shape index (κ1) is 34.6. The lowest BCUT2D eigenvalue weighted by atomic mass is 9.76. The molecule has 54 heavy (non-hydrogen) atoms. The number of amidine groups is 1. The lowest BCUT2D eigenvalue weighted by molar-refractivity contribution is -0.723. The largest absolute Gasteiger partial charge is 0.857 e. The first-order valence-electron chi connectivity index (χ1n) is 18.1. The van der Waals surface area contributed by atoms with Gasteiger partial charge >= 0.3 is 0 Å². The molecule has 2 unspecified atom stereocenters. The van der Waals surface area contributed by atoms with Crippen molar-refractivity contribution in [1.82, 2.24) is 0 Å². The minimum absolute atomic E-state index is 0.0459. The Morgan fingerprint density at radius 2 is 1.59 bits per heavy atom. The summed E-state index contributed by atoms with van der Waals surface area (Å²) in [6.45, 7) is 0.163. The normalized spacial score (nSPS) is 30.1. The number of nitrogens with zero attached hydrogens (tertiary/aromatic N) is 3. The predicted molar refractivity (Wildman–Crippen MR) is 189 cm³/mol. The number of phenolic OH excluding ortho intramolecular Hbond substituents is 1.